The number of amides is 1. The van der Waals surface area contributed by atoms with Crippen LogP contribution in [0.1, 0.15) is 16.7 Å². The Labute approximate surface area is 158 Å². The van der Waals surface area contributed by atoms with Crippen LogP contribution in [-0.2, 0) is 4.79 Å². The summed E-state index contributed by atoms with van der Waals surface area (Å²) in [5.74, 6) is -0.550. The number of aryl methyl sites for hydroxylation is 1. The molecule has 0 aliphatic carbocycles. The van der Waals surface area contributed by atoms with Crippen LogP contribution in [0, 0.1) is 19.7 Å². The first-order valence-corrected chi connectivity index (χ1v) is 9.07. The van der Waals surface area contributed by atoms with E-state index < -0.39 is 5.82 Å². The van der Waals surface area contributed by atoms with Gasteiger partial charge in [0.25, 0.3) is 0 Å². The number of anilines is 1. The summed E-state index contributed by atoms with van der Waals surface area (Å²) in [5, 5.41) is 0.300. The van der Waals surface area contributed by atoms with E-state index in [1.807, 2.05) is 0 Å². The maximum atomic E-state index is 13.8. The van der Waals surface area contributed by atoms with Crippen molar-refractivity contribution in [1.29, 1.82) is 0 Å². The number of carbonyl (C=O) groups excluding carboxylic acids is 1. The minimum Gasteiger partial charge on any atom is -0.368 e. The molecule has 136 valence electrons. The van der Waals surface area contributed by atoms with E-state index in [0.29, 0.717) is 18.1 Å². The van der Waals surface area contributed by atoms with E-state index in [1.54, 1.807) is 17.0 Å². The van der Waals surface area contributed by atoms with Crippen molar-refractivity contribution in [2.45, 2.75) is 13.8 Å². The van der Waals surface area contributed by atoms with Crippen LogP contribution in [0.15, 0.2) is 42.5 Å². The SMILES string of the molecule is Cc1cccc(N2CCN(C(=O)C=Cc3c(F)cccc3Cl)CC2)c1C. The molecule has 1 heterocycles. The van der Waals surface area contributed by atoms with Crippen LogP contribution >= 0.6 is 11.6 Å². The van der Waals surface area contributed by atoms with Gasteiger partial charge in [-0.1, -0.05) is 29.8 Å². The van der Waals surface area contributed by atoms with Gasteiger partial charge in [-0.25, -0.2) is 4.39 Å². The van der Waals surface area contributed by atoms with Crippen molar-refractivity contribution in [2.75, 3.05) is 31.1 Å². The molecular formula is C21H22ClFN2O. The van der Waals surface area contributed by atoms with Crippen LogP contribution in [0.5, 0.6) is 0 Å². The van der Waals surface area contributed by atoms with Gasteiger partial charge in [0.1, 0.15) is 5.82 Å². The van der Waals surface area contributed by atoms with Gasteiger partial charge in [-0.3, -0.25) is 4.79 Å². The Morgan fingerprint density at radius 2 is 1.77 bits per heavy atom. The minimum atomic E-state index is -0.429. The summed E-state index contributed by atoms with van der Waals surface area (Å²) in [5.41, 5.74) is 4.02. The van der Waals surface area contributed by atoms with Crippen molar-refractivity contribution in [3.05, 3.63) is 70.0 Å². The fourth-order valence-electron chi connectivity index (χ4n) is 3.18. The third-order valence-electron chi connectivity index (χ3n) is 4.90. The fourth-order valence-corrected chi connectivity index (χ4v) is 3.40. The van der Waals surface area contributed by atoms with E-state index >= 15 is 0 Å². The molecule has 0 bridgehead atoms. The summed E-state index contributed by atoms with van der Waals surface area (Å²) < 4.78 is 13.8. The lowest BCUT2D eigenvalue weighted by Gasteiger charge is -2.36. The second kappa shape index (κ2) is 7.92. The van der Waals surface area contributed by atoms with Crippen molar-refractivity contribution in [3.63, 3.8) is 0 Å². The highest BCUT2D eigenvalue weighted by atomic mass is 35.5. The Morgan fingerprint density at radius 1 is 1.08 bits per heavy atom. The highest BCUT2D eigenvalue weighted by Gasteiger charge is 2.21. The van der Waals surface area contributed by atoms with Crippen molar-refractivity contribution in [3.8, 4) is 0 Å². The molecule has 1 aliphatic heterocycles. The maximum Gasteiger partial charge on any atom is 0.246 e. The van der Waals surface area contributed by atoms with E-state index in [2.05, 4.69) is 36.9 Å². The number of piperazine rings is 1. The molecule has 1 aliphatic rings. The van der Waals surface area contributed by atoms with Crippen molar-refractivity contribution in [1.82, 2.24) is 4.90 Å². The summed E-state index contributed by atoms with van der Waals surface area (Å²) >= 11 is 5.99. The van der Waals surface area contributed by atoms with Gasteiger partial charge in [-0.15, -0.1) is 0 Å². The second-order valence-electron chi connectivity index (χ2n) is 6.50. The van der Waals surface area contributed by atoms with Gasteiger partial charge in [-0.2, -0.15) is 0 Å². The molecule has 0 radical (unpaired) electrons. The number of carbonyl (C=O) groups is 1. The molecule has 3 rings (SSSR count). The van der Waals surface area contributed by atoms with Gasteiger partial charge >= 0.3 is 0 Å². The molecule has 1 fully saturated rings. The number of hydrogen-bond acceptors (Lipinski definition) is 2. The van der Waals surface area contributed by atoms with Crippen LogP contribution in [-0.4, -0.2) is 37.0 Å². The van der Waals surface area contributed by atoms with Crippen LogP contribution in [0.3, 0.4) is 0 Å². The standard InChI is InChI=1S/C21H22ClFN2O/c1-15-5-3-8-20(16(15)2)24-11-13-25(14-12-24)21(26)10-9-17-18(22)6-4-7-19(17)23/h3-10H,11-14H2,1-2H3. The Hall–Kier alpha value is -2.33. The largest absolute Gasteiger partial charge is 0.368 e. The van der Waals surface area contributed by atoms with E-state index in [4.69, 9.17) is 11.6 Å². The van der Waals surface area contributed by atoms with Crippen molar-refractivity contribution < 1.29 is 9.18 Å². The minimum absolute atomic E-state index is 0.120. The van der Waals surface area contributed by atoms with E-state index in [9.17, 15) is 9.18 Å². The first kappa shape index (κ1) is 18.5. The molecule has 2 aromatic carbocycles. The number of rotatable bonds is 3. The number of nitrogens with zero attached hydrogens (tertiary/aromatic N) is 2. The Morgan fingerprint density at radius 3 is 2.46 bits per heavy atom. The second-order valence-corrected chi connectivity index (χ2v) is 6.91. The third kappa shape index (κ3) is 3.91. The lowest BCUT2D eigenvalue weighted by atomic mass is 10.1. The van der Waals surface area contributed by atoms with Crippen molar-refractivity contribution >= 4 is 29.3 Å². The molecule has 1 saturated heterocycles. The predicted molar refractivity (Wildman–Crippen MR) is 105 cm³/mol. The summed E-state index contributed by atoms with van der Waals surface area (Å²) in [7, 11) is 0. The molecule has 0 saturated carbocycles. The maximum absolute atomic E-state index is 13.8. The monoisotopic (exact) mass is 372 g/mol. The Kier molecular flexibility index (Phi) is 5.62. The first-order chi connectivity index (χ1) is 12.5. The molecule has 0 aromatic heterocycles. The van der Waals surface area contributed by atoms with Gasteiger partial charge in [0.15, 0.2) is 0 Å². The van der Waals surface area contributed by atoms with E-state index in [1.165, 1.54) is 35.0 Å². The molecule has 3 nitrogen and oxygen atoms in total. The predicted octanol–water partition coefficient (Wildman–Crippen LogP) is 4.46. The van der Waals surface area contributed by atoms with Gasteiger partial charge in [0, 0.05) is 43.5 Å². The first-order valence-electron chi connectivity index (χ1n) is 8.69. The lowest BCUT2D eigenvalue weighted by Crippen LogP contribution is -2.48. The molecule has 0 N–H and O–H groups in total. The number of halogens is 2. The fraction of sp³-hybridized carbons (Fsp3) is 0.286. The number of benzene rings is 2. The summed E-state index contributed by atoms with van der Waals surface area (Å²) in [6, 6.07) is 10.8. The molecule has 0 unspecified atom stereocenters. The molecule has 26 heavy (non-hydrogen) atoms. The molecule has 0 atom stereocenters. The zero-order chi connectivity index (χ0) is 18.7. The van der Waals surface area contributed by atoms with Gasteiger partial charge in [0.2, 0.25) is 5.91 Å². The Bertz CT molecular complexity index is 822. The zero-order valence-corrected chi connectivity index (χ0v) is 15.8. The molecule has 1 amide bonds. The number of hydrogen-bond donors (Lipinski definition) is 0. The molecular weight excluding hydrogens is 351 g/mol. The van der Waals surface area contributed by atoms with Crippen LogP contribution in [0.25, 0.3) is 6.08 Å². The van der Waals surface area contributed by atoms with Gasteiger partial charge < -0.3 is 9.80 Å². The van der Waals surface area contributed by atoms with Crippen molar-refractivity contribution in [2.24, 2.45) is 0 Å². The highest BCUT2D eigenvalue weighted by Crippen LogP contribution is 2.24. The topological polar surface area (TPSA) is 23.6 Å². The molecule has 5 heteroatoms. The zero-order valence-electron chi connectivity index (χ0n) is 15.0. The van der Waals surface area contributed by atoms with Crippen LogP contribution < -0.4 is 4.90 Å². The van der Waals surface area contributed by atoms with E-state index in [-0.39, 0.29) is 11.5 Å². The Balaban J connectivity index is 1.64. The summed E-state index contributed by atoms with van der Waals surface area (Å²) in [4.78, 5) is 16.5. The van der Waals surface area contributed by atoms with Crippen LogP contribution in [0.4, 0.5) is 10.1 Å². The summed E-state index contributed by atoms with van der Waals surface area (Å²) in [6.07, 6.45) is 2.86. The average molecular weight is 373 g/mol. The normalized spacial score (nSPS) is 14.9. The lowest BCUT2D eigenvalue weighted by molar-refractivity contribution is -0.126. The van der Waals surface area contributed by atoms with Gasteiger partial charge in [0.05, 0.1) is 5.02 Å². The summed E-state index contributed by atoms with van der Waals surface area (Å²) in [6.45, 7) is 7.08. The smallest absolute Gasteiger partial charge is 0.246 e. The van der Waals surface area contributed by atoms with E-state index in [0.717, 1.165) is 13.1 Å². The molecule has 0 spiro atoms. The quantitative estimate of drug-likeness (QED) is 0.743. The van der Waals surface area contributed by atoms with Gasteiger partial charge in [-0.05, 0) is 49.2 Å². The molecule has 2 aromatic rings. The highest BCUT2D eigenvalue weighted by molar-refractivity contribution is 6.32. The third-order valence-corrected chi connectivity index (χ3v) is 5.23. The van der Waals surface area contributed by atoms with Crippen LogP contribution in [0.2, 0.25) is 5.02 Å². The average Bonchev–Trinajstić information content (AvgIpc) is 2.63.